The fourth-order valence-electron chi connectivity index (χ4n) is 1.84. The van der Waals surface area contributed by atoms with Crippen LogP contribution in [-0.2, 0) is 11.3 Å². The molecule has 0 aliphatic carbocycles. The van der Waals surface area contributed by atoms with E-state index < -0.39 is 6.09 Å². The van der Waals surface area contributed by atoms with Crippen LogP contribution >= 0.6 is 0 Å². The highest BCUT2D eigenvalue weighted by atomic mass is 16.5. The smallest absolute Gasteiger partial charge is 0.411 e. The van der Waals surface area contributed by atoms with Crippen molar-refractivity contribution >= 4 is 11.8 Å². The van der Waals surface area contributed by atoms with Gasteiger partial charge in [0.25, 0.3) is 0 Å². The van der Waals surface area contributed by atoms with Crippen molar-refractivity contribution in [2.24, 2.45) is 0 Å². The topological polar surface area (TPSA) is 58.6 Å². The molecule has 0 aliphatic rings. The van der Waals surface area contributed by atoms with Gasteiger partial charge in [-0.05, 0) is 28.8 Å². The number of hydrogen-bond acceptors (Lipinski definition) is 3. The van der Waals surface area contributed by atoms with Crippen LogP contribution in [0.5, 0.6) is 0 Å². The Hall–Kier alpha value is -2.59. The highest BCUT2D eigenvalue weighted by Gasteiger charge is 2.03. The number of aliphatic hydroxyl groups excluding tert-OH is 1. The van der Waals surface area contributed by atoms with Gasteiger partial charge in [0, 0.05) is 5.69 Å². The van der Waals surface area contributed by atoms with E-state index in [9.17, 15) is 4.79 Å². The molecule has 2 N–H and O–H groups in total. The lowest BCUT2D eigenvalue weighted by Gasteiger charge is -2.07. The molecular formula is C17H17NO3. The molecule has 4 nitrogen and oxygen atoms in total. The summed E-state index contributed by atoms with van der Waals surface area (Å²) in [7, 11) is 0. The lowest BCUT2D eigenvalue weighted by Crippen LogP contribution is -2.13. The Morgan fingerprint density at radius 3 is 2.19 bits per heavy atom. The van der Waals surface area contributed by atoms with Crippen LogP contribution in [-0.4, -0.2) is 17.8 Å². The number of nitrogens with one attached hydrogen (secondary N) is 1. The Balaban J connectivity index is 2.04. The van der Waals surface area contributed by atoms with Gasteiger partial charge in [-0.2, -0.15) is 0 Å². The van der Waals surface area contributed by atoms with Crippen LogP contribution in [0.3, 0.4) is 0 Å². The normalized spacial score (nSPS) is 9.95. The number of ether oxygens (including phenoxy) is 1. The third-order valence-corrected chi connectivity index (χ3v) is 2.93. The van der Waals surface area contributed by atoms with Crippen LogP contribution < -0.4 is 5.32 Å². The van der Waals surface area contributed by atoms with Crippen molar-refractivity contribution < 1.29 is 14.6 Å². The summed E-state index contributed by atoms with van der Waals surface area (Å²) in [5.74, 6) is 0. The van der Waals surface area contributed by atoms with E-state index in [0.717, 1.165) is 16.7 Å². The zero-order valence-corrected chi connectivity index (χ0v) is 11.6. The second kappa shape index (κ2) is 7.26. The van der Waals surface area contributed by atoms with Gasteiger partial charge in [0.05, 0.1) is 6.61 Å². The molecule has 2 rings (SSSR count). The average molecular weight is 283 g/mol. The second-order valence-electron chi connectivity index (χ2n) is 4.44. The number of amides is 1. The largest absolute Gasteiger partial charge is 0.445 e. The monoisotopic (exact) mass is 283 g/mol. The van der Waals surface area contributed by atoms with E-state index >= 15 is 0 Å². The Bertz CT molecular complexity index is 603. The van der Waals surface area contributed by atoms with Crippen molar-refractivity contribution in [3.8, 4) is 11.1 Å². The number of anilines is 1. The predicted molar refractivity (Wildman–Crippen MR) is 83.0 cm³/mol. The SMILES string of the molecule is C=CCOC(=O)Nc1ccc(-c2ccc(CO)cc2)cc1. The molecule has 108 valence electrons. The molecule has 0 fully saturated rings. The molecule has 0 unspecified atom stereocenters. The van der Waals surface area contributed by atoms with Gasteiger partial charge in [-0.15, -0.1) is 0 Å². The molecule has 21 heavy (non-hydrogen) atoms. The van der Waals surface area contributed by atoms with Crippen LogP contribution in [0, 0.1) is 0 Å². The van der Waals surface area contributed by atoms with Gasteiger partial charge in [-0.3, -0.25) is 5.32 Å². The van der Waals surface area contributed by atoms with Crippen molar-refractivity contribution in [3.63, 3.8) is 0 Å². The summed E-state index contributed by atoms with van der Waals surface area (Å²) >= 11 is 0. The second-order valence-corrected chi connectivity index (χ2v) is 4.44. The number of aliphatic hydroxyl groups is 1. The van der Waals surface area contributed by atoms with Gasteiger partial charge in [-0.1, -0.05) is 49.1 Å². The lowest BCUT2D eigenvalue weighted by atomic mass is 10.0. The molecule has 0 atom stereocenters. The maximum Gasteiger partial charge on any atom is 0.411 e. The first-order valence-electron chi connectivity index (χ1n) is 6.58. The molecule has 1 amide bonds. The van der Waals surface area contributed by atoms with E-state index in [1.54, 1.807) is 0 Å². The standard InChI is InChI=1S/C17H17NO3/c1-2-11-21-17(20)18-16-9-7-15(8-10-16)14-5-3-13(12-19)4-6-14/h2-10,19H,1,11-12H2,(H,18,20). The van der Waals surface area contributed by atoms with Crippen LogP contribution in [0.4, 0.5) is 10.5 Å². The maximum absolute atomic E-state index is 11.4. The number of benzene rings is 2. The molecule has 0 heterocycles. The van der Waals surface area contributed by atoms with Gasteiger partial charge >= 0.3 is 6.09 Å². The molecule has 0 aromatic heterocycles. The minimum atomic E-state index is -0.505. The van der Waals surface area contributed by atoms with Gasteiger partial charge in [0.2, 0.25) is 0 Å². The maximum atomic E-state index is 11.4. The molecule has 2 aromatic rings. The molecule has 0 aliphatic heterocycles. The van der Waals surface area contributed by atoms with Crippen LogP contribution in [0.2, 0.25) is 0 Å². The first-order valence-corrected chi connectivity index (χ1v) is 6.58. The summed E-state index contributed by atoms with van der Waals surface area (Å²) in [4.78, 5) is 11.4. The molecule has 0 saturated heterocycles. The molecular weight excluding hydrogens is 266 g/mol. The fraction of sp³-hybridized carbons (Fsp3) is 0.118. The van der Waals surface area contributed by atoms with E-state index in [4.69, 9.17) is 9.84 Å². The van der Waals surface area contributed by atoms with E-state index in [2.05, 4.69) is 11.9 Å². The number of hydrogen-bond donors (Lipinski definition) is 2. The highest BCUT2D eigenvalue weighted by Crippen LogP contribution is 2.22. The van der Waals surface area contributed by atoms with Crippen molar-refractivity contribution in [2.75, 3.05) is 11.9 Å². The molecule has 0 bridgehead atoms. The molecule has 0 saturated carbocycles. The molecule has 4 heteroatoms. The number of carbonyl (C=O) groups is 1. The van der Waals surface area contributed by atoms with E-state index in [-0.39, 0.29) is 13.2 Å². The van der Waals surface area contributed by atoms with Gasteiger partial charge in [0.1, 0.15) is 6.61 Å². The van der Waals surface area contributed by atoms with Gasteiger partial charge in [0.15, 0.2) is 0 Å². The van der Waals surface area contributed by atoms with Gasteiger partial charge < -0.3 is 9.84 Å². The van der Waals surface area contributed by atoms with Crippen molar-refractivity contribution in [3.05, 3.63) is 66.7 Å². The zero-order valence-electron chi connectivity index (χ0n) is 11.6. The molecule has 0 spiro atoms. The Kier molecular flexibility index (Phi) is 5.12. The summed E-state index contributed by atoms with van der Waals surface area (Å²) in [6, 6.07) is 15.1. The van der Waals surface area contributed by atoms with Crippen molar-refractivity contribution in [2.45, 2.75) is 6.61 Å². The molecule has 2 aromatic carbocycles. The van der Waals surface area contributed by atoms with E-state index in [1.165, 1.54) is 6.08 Å². The summed E-state index contributed by atoms with van der Waals surface area (Å²) < 4.78 is 4.84. The Morgan fingerprint density at radius 1 is 1.10 bits per heavy atom. The zero-order chi connectivity index (χ0) is 15.1. The van der Waals surface area contributed by atoms with Crippen molar-refractivity contribution in [1.29, 1.82) is 0 Å². The van der Waals surface area contributed by atoms with Crippen LogP contribution in [0.15, 0.2) is 61.2 Å². The summed E-state index contributed by atoms with van der Waals surface area (Å²) in [6.45, 7) is 3.70. The van der Waals surface area contributed by atoms with Gasteiger partial charge in [-0.25, -0.2) is 4.79 Å². The first kappa shape index (κ1) is 14.8. The third-order valence-electron chi connectivity index (χ3n) is 2.93. The van der Waals surface area contributed by atoms with E-state index in [1.807, 2.05) is 48.5 Å². The quantitative estimate of drug-likeness (QED) is 0.825. The summed E-state index contributed by atoms with van der Waals surface area (Å²) in [6.07, 6.45) is 1.01. The van der Waals surface area contributed by atoms with Crippen LogP contribution in [0.25, 0.3) is 11.1 Å². The van der Waals surface area contributed by atoms with Crippen LogP contribution in [0.1, 0.15) is 5.56 Å². The fourth-order valence-corrected chi connectivity index (χ4v) is 1.84. The minimum absolute atomic E-state index is 0.0377. The van der Waals surface area contributed by atoms with Crippen molar-refractivity contribution in [1.82, 2.24) is 0 Å². The Morgan fingerprint density at radius 2 is 1.67 bits per heavy atom. The van der Waals surface area contributed by atoms with E-state index in [0.29, 0.717) is 5.69 Å². The number of rotatable bonds is 5. The summed E-state index contributed by atoms with van der Waals surface area (Å²) in [5.41, 5.74) is 3.62. The predicted octanol–water partition coefficient (Wildman–Crippen LogP) is 3.58. The first-order chi connectivity index (χ1) is 10.2. The third kappa shape index (κ3) is 4.19. The molecule has 0 radical (unpaired) electrons. The highest BCUT2D eigenvalue weighted by molar-refractivity contribution is 5.85. The number of carbonyl (C=O) groups excluding carboxylic acids is 1. The lowest BCUT2D eigenvalue weighted by molar-refractivity contribution is 0.174. The Labute approximate surface area is 123 Å². The minimum Gasteiger partial charge on any atom is -0.445 e. The average Bonchev–Trinajstić information content (AvgIpc) is 2.54. The summed E-state index contributed by atoms with van der Waals surface area (Å²) in [5, 5.41) is 11.7.